The fourth-order valence-corrected chi connectivity index (χ4v) is 3.33. The first kappa shape index (κ1) is 24.2. The van der Waals surface area contributed by atoms with Crippen LogP contribution in [0.1, 0.15) is 27.8 Å². The first-order valence-corrected chi connectivity index (χ1v) is 9.60. The second-order valence-corrected chi connectivity index (χ2v) is 7.20. The molecular formula is C23H17F7N2O. The van der Waals surface area contributed by atoms with Gasteiger partial charge in [-0.05, 0) is 28.7 Å². The first-order chi connectivity index (χ1) is 15.5. The van der Waals surface area contributed by atoms with Gasteiger partial charge in [0.2, 0.25) is 5.91 Å². The zero-order chi connectivity index (χ0) is 24.3. The highest BCUT2D eigenvalue weighted by Gasteiger charge is 2.42. The summed E-state index contributed by atoms with van der Waals surface area (Å²) >= 11 is 0. The minimum atomic E-state index is -5.67. The van der Waals surface area contributed by atoms with Crippen molar-refractivity contribution >= 4 is 11.6 Å². The Morgan fingerprint density at radius 2 is 1.42 bits per heavy atom. The zero-order valence-corrected chi connectivity index (χ0v) is 16.9. The molecule has 0 aromatic heterocycles. The van der Waals surface area contributed by atoms with E-state index in [2.05, 4.69) is 0 Å². The lowest BCUT2D eigenvalue weighted by atomic mass is 9.97. The highest BCUT2D eigenvalue weighted by Crippen LogP contribution is 2.38. The molecule has 3 rings (SSSR count). The number of halogens is 7. The van der Waals surface area contributed by atoms with Crippen molar-refractivity contribution in [3.63, 3.8) is 0 Å². The number of carbonyl (C=O) groups is 1. The van der Waals surface area contributed by atoms with Crippen LogP contribution in [0.5, 0.6) is 0 Å². The quantitative estimate of drug-likeness (QED) is 0.370. The molecule has 3 aromatic rings. The van der Waals surface area contributed by atoms with Crippen LogP contribution in [0.15, 0.2) is 48.5 Å². The van der Waals surface area contributed by atoms with Crippen molar-refractivity contribution in [1.29, 1.82) is 0 Å². The zero-order valence-electron chi connectivity index (χ0n) is 16.9. The van der Waals surface area contributed by atoms with Crippen LogP contribution in [0.3, 0.4) is 0 Å². The standard InChI is InChI=1S/C23H17F7N2O/c24-18-17(23(28,29)30)19(25)21(27)22(20(18)26)32-16(33)10-15-9-13(6-7-14(15)11-31)8-12-4-2-1-3-5-12/h1-7,9H,8,10-11,31H2,(H,32,33). The average Bonchev–Trinajstić information content (AvgIpc) is 2.75. The predicted octanol–water partition coefficient (Wildman–Crippen LogP) is 5.49. The van der Waals surface area contributed by atoms with E-state index in [9.17, 15) is 35.5 Å². The summed E-state index contributed by atoms with van der Waals surface area (Å²) in [7, 11) is 0. The van der Waals surface area contributed by atoms with Crippen LogP contribution >= 0.6 is 0 Å². The number of anilines is 1. The number of benzene rings is 3. The lowest BCUT2D eigenvalue weighted by Crippen LogP contribution is -2.22. The number of amides is 1. The Balaban J connectivity index is 1.87. The third-order valence-electron chi connectivity index (χ3n) is 4.90. The molecule has 0 spiro atoms. The van der Waals surface area contributed by atoms with Crippen LogP contribution in [0.4, 0.5) is 36.4 Å². The lowest BCUT2D eigenvalue weighted by molar-refractivity contribution is -0.143. The van der Waals surface area contributed by atoms with Crippen LogP contribution in [-0.2, 0) is 30.4 Å². The van der Waals surface area contributed by atoms with E-state index >= 15 is 0 Å². The van der Waals surface area contributed by atoms with Crippen LogP contribution in [0.25, 0.3) is 0 Å². The molecule has 0 aliphatic carbocycles. The van der Waals surface area contributed by atoms with E-state index in [1.807, 2.05) is 30.3 Å². The maximum Gasteiger partial charge on any atom is 0.422 e. The van der Waals surface area contributed by atoms with Gasteiger partial charge in [0, 0.05) is 6.54 Å². The second kappa shape index (κ2) is 9.62. The van der Waals surface area contributed by atoms with Gasteiger partial charge in [0.15, 0.2) is 23.3 Å². The van der Waals surface area contributed by atoms with Gasteiger partial charge in [-0.2, -0.15) is 13.2 Å². The summed E-state index contributed by atoms with van der Waals surface area (Å²) < 4.78 is 93.9. The van der Waals surface area contributed by atoms with Crippen LogP contribution in [-0.4, -0.2) is 5.91 Å². The van der Waals surface area contributed by atoms with E-state index in [-0.39, 0.29) is 6.54 Å². The second-order valence-electron chi connectivity index (χ2n) is 7.20. The fraction of sp³-hybridized carbons (Fsp3) is 0.174. The van der Waals surface area contributed by atoms with Crippen molar-refractivity contribution in [3.8, 4) is 0 Å². The highest BCUT2D eigenvalue weighted by atomic mass is 19.4. The molecular weight excluding hydrogens is 453 g/mol. The van der Waals surface area contributed by atoms with Crippen LogP contribution in [0.2, 0.25) is 0 Å². The molecule has 10 heteroatoms. The molecule has 3 aromatic carbocycles. The molecule has 3 N–H and O–H groups in total. The smallest absolute Gasteiger partial charge is 0.326 e. The minimum Gasteiger partial charge on any atom is -0.326 e. The Hall–Kier alpha value is -3.40. The minimum absolute atomic E-state index is 0.0283. The summed E-state index contributed by atoms with van der Waals surface area (Å²) in [5.41, 5.74) is 4.01. The normalized spacial score (nSPS) is 11.5. The number of nitrogens with two attached hydrogens (primary N) is 1. The molecule has 3 nitrogen and oxygen atoms in total. The topological polar surface area (TPSA) is 55.1 Å². The van der Waals surface area contributed by atoms with Gasteiger partial charge in [-0.25, -0.2) is 17.6 Å². The maximum atomic E-state index is 14.1. The molecule has 1 amide bonds. The van der Waals surface area contributed by atoms with E-state index in [4.69, 9.17) is 5.73 Å². The van der Waals surface area contributed by atoms with Crippen molar-refractivity contribution < 1.29 is 35.5 Å². The summed E-state index contributed by atoms with van der Waals surface area (Å²) in [5, 5.41) is 1.63. The van der Waals surface area contributed by atoms with Crippen molar-refractivity contribution in [2.45, 2.75) is 25.6 Å². The summed E-state index contributed by atoms with van der Waals surface area (Å²) in [5.74, 6) is -11.1. The number of nitrogens with one attached hydrogen (secondary N) is 1. The molecule has 0 saturated heterocycles. The van der Waals surface area contributed by atoms with Crippen molar-refractivity contribution in [3.05, 3.63) is 99.6 Å². The van der Waals surface area contributed by atoms with Crippen LogP contribution in [0, 0.1) is 23.3 Å². The van der Waals surface area contributed by atoms with Gasteiger partial charge in [0.25, 0.3) is 0 Å². The maximum absolute atomic E-state index is 14.1. The number of alkyl halides is 3. The number of carbonyl (C=O) groups excluding carboxylic acids is 1. The molecule has 0 heterocycles. The summed E-state index contributed by atoms with van der Waals surface area (Å²) in [6.45, 7) is 0.0283. The Kier molecular flexibility index (Phi) is 7.06. The van der Waals surface area contributed by atoms with Gasteiger partial charge in [0.05, 0.1) is 6.42 Å². The summed E-state index contributed by atoms with van der Waals surface area (Å²) in [6, 6.07) is 14.4. The molecule has 0 bridgehead atoms. The van der Waals surface area contributed by atoms with Gasteiger partial charge in [0.1, 0.15) is 11.3 Å². The van der Waals surface area contributed by atoms with Gasteiger partial charge in [-0.15, -0.1) is 0 Å². The molecule has 0 aliphatic rings. The van der Waals surface area contributed by atoms with Gasteiger partial charge < -0.3 is 11.1 Å². The van der Waals surface area contributed by atoms with E-state index in [0.717, 1.165) is 11.1 Å². The molecule has 0 atom stereocenters. The summed E-state index contributed by atoms with van der Waals surface area (Å²) in [4.78, 5) is 12.4. The Bertz CT molecular complexity index is 1150. The van der Waals surface area contributed by atoms with Crippen molar-refractivity contribution in [2.24, 2.45) is 5.73 Å². The molecule has 33 heavy (non-hydrogen) atoms. The number of rotatable bonds is 6. The van der Waals surface area contributed by atoms with E-state index < -0.39 is 53.0 Å². The van der Waals surface area contributed by atoms with Crippen molar-refractivity contribution in [1.82, 2.24) is 0 Å². The highest BCUT2D eigenvalue weighted by molar-refractivity contribution is 5.92. The van der Waals surface area contributed by atoms with Gasteiger partial charge in [-0.1, -0.05) is 48.5 Å². The molecule has 0 saturated carbocycles. The monoisotopic (exact) mass is 470 g/mol. The summed E-state index contributed by atoms with van der Waals surface area (Å²) in [6.07, 6.45) is -5.65. The first-order valence-electron chi connectivity index (χ1n) is 9.60. The molecule has 174 valence electrons. The molecule has 0 aliphatic heterocycles. The number of hydrogen-bond acceptors (Lipinski definition) is 2. The van der Waals surface area contributed by atoms with Gasteiger partial charge >= 0.3 is 6.18 Å². The van der Waals surface area contributed by atoms with E-state index in [1.54, 1.807) is 23.5 Å². The van der Waals surface area contributed by atoms with Crippen LogP contribution < -0.4 is 11.1 Å². The Labute approximate surface area is 184 Å². The molecule has 0 radical (unpaired) electrons. The lowest BCUT2D eigenvalue weighted by Gasteiger charge is -2.15. The predicted molar refractivity (Wildman–Crippen MR) is 107 cm³/mol. The fourth-order valence-electron chi connectivity index (χ4n) is 3.33. The Morgan fingerprint density at radius 1 is 0.818 bits per heavy atom. The Morgan fingerprint density at radius 3 is 1.97 bits per heavy atom. The van der Waals surface area contributed by atoms with Gasteiger partial charge in [-0.3, -0.25) is 4.79 Å². The number of hydrogen-bond donors (Lipinski definition) is 2. The van der Waals surface area contributed by atoms with E-state index in [0.29, 0.717) is 17.5 Å². The molecule has 0 fully saturated rings. The third kappa shape index (κ3) is 5.33. The van der Waals surface area contributed by atoms with E-state index in [1.165, 1.54) is 0 Å². The molecule has 0 unspecified atom stereocenters. The van der Waals surface area contributed by atoms with Crippen molar-refractivity contribution in [2.75, 3.05) is 5.32 Å². The third-order valence-corrected chi connectivity index (χ3v) is 4.90. The largest absolute Gasteiger partial charge is 0.422 e. The SMILES string of the molecule is NCc1ccc(Cc2ccccc2)cc1CC(=O)Nc1c(F)c(F)c(C(F)(F)F)c(F)c1F. The average molecular weight is 470 g/mol.